The van der Waals surface area contributed by atoms with Gasteiger partial charge in [-0.25, -0.2) is 4.98 Å². The monoisotopic (exact) mass is 263 g/mol. The lowest BCUT2D eigenvalue weighted by Gasteiger charge is -2.19. The minimum Gasteiger partial charge on any atom is -0.353 e. The van der Waals surface area contributed by atoms with Gasteiger partial charge in [0.1, 0.15) is 0 Å². The van der Waals surface area contributed by atoms with Crippen LogP contribution in [0.3, 0.4) is 0 Å². The maximum Gasteiger partial charge on any atom is 0.222 e. The molecule has 3 unspecified atom stereocenters. The predicted molar refractivity (Wildman–Crippen MR) is 75.7 cm³/mol. The smallest absolute Gasteiger partial charge is 0.222 e. The third kappa shape index (κ3) is 4.08. The molecule has 106 valence electrons. The molecule has 0 aliphatic heterocycles. The molecule has 19 heavy (non-hydrogen) atoms. The maximum absolute atomic E-state index is 12.1. The molecular formula is C15H25N3O. The first-order valence-electron chi connectivity index (χ1n) is 7.45. The Balaban J connectivity index is 1.85. The lowest BCUT2D eigenvalue weighted by molar-refractivity contribution is -0.122. The second-order valence-electron chi connectivity index (χ2n) is 5.84. The summed E-state index contributed by atoms with van der Waals surface area (Å²) < 4.78 is 2.06. The summed E-state index contributed by atoms with van der Waals surface area (Å²) in [5, 5.41) is 3.19. The second kappa shape index (κ2) is 6.73. The molecule has 4 heteroatoms. The lowest BCUT2D eigenvalue weighted by Crippen LogP contribution is -2.34. The van der Waals surface area contributed by atoms with Crippen molar-refractivity contribution < 1.29 is 4.79 Å². The summed E-state index contributed by atoms with van der Waals surface area (Å²) in [4.78, 5) is 16.2. The van der Waals surface area contributed by atoms with Crippen molar-refractivity contribution in [3.05, 3.63) is 18.7 Å². The van der Waals surface area contributed by atoms with Crippen LogP contribution in [0, 0.1) is 5.92 Å². The largest absolute Gasteiger partial charge is 0.353 e. The Bertz CT molecular complexity index is 388. The summed E-state index contributed by atoms with van der Waals surface area (Å²) in [7, 11) is 0. The number of carbonyl (C=O) groups excluding carboxylic acids is 1. The van der Waals surface area contributed by atoms with Gasteiger partial charge in [-0.1, -0.05) is 20.3 Å². The first-order chi connectivity index (χ1) is 9.19. The van der Waals surface area contributed by atoms with E-state index in [2.05, 4.69) is 28.7 Å². The van der Waals surface area contributed by atoms with Crippen LogP contribution in [0.5, 0.6) is 0 Å². The zero-order valence-electron chi connectivity index (χ0n) is 12.0. The molecule has 1 aliphatic carbocycles. The van der Waals surface area contributed by atoms with Crippen LogP contribution in [-0.2, 0) is 4.79 Å². The van der Waals surface area contributed by atoms with Gasteiger partial charge in [0.05, 0.1) is 6.33 Å². The summed E-state index contributed by atoms with van der Waals surface area (Å²) in [5.74, 6) is 0.941. The molecule has 4 nitrogen and oxygen atoms in total. The van der Waals surface area contributed by atoms with E-state index in [1.807, 2.05) is 12.5 Å². The van der Waals surface area contributed by atoms with Crippen LogP contribution >= 0.6 is 0 Å². The van der Waals surface area contributed by atoms with Crippen molar-refractivity contribution in [2.75, 3.05) is 0 Å². The molecule has 0 spiro atoms. The van der Waals surface area contributed by atoms with E-state index in [4.69, 9.17) is 0 Å². The summed E-state index contributed by atoms with van der Waals surface area (Å²) >= 11 is 0. The van der Waals surface area contributed by atoms with Crippen LogP contribution in [-0.4, -0.2) is 21.5 Å². The van der Waals surface area contributed by atoms with Gasteiger partial charge in [-0.3, -0.25) is 4.79 Å². The highest BCUT2D eigenvalue weighted by molar-refractivity contribution is 5.76. The average Bonchev–Trinajstić information content (AvgIpc) is 3.00. The van der Waals surface area contributed by atoms with Crippen molar-refractivity contribution in [2.24, 2.45) is 5.92 Å². The molecule has 1 aromatic heterocycles. The Morgan fingerprint density at radius 3 is 2.95 bits per heavy atom. The fraction of sp³-hybridized carbons (Fsp3) is 0.733. The number of aromatic nitrogens is 2. The van der Waals surface area contributed by atoms with Gasteiger partial charge in [0.25, 0.3) is 0 Å². The van der Waals surface area contributed by atoms with Gasteiger partial charge < -0.3 is 9.88 Å². The molecule has 1 aromatic rings. The van der Waals surface area contributed by atoms with Gasteiger partial charge >= 0.3 is 0 Å². The van der Waals surface area contributed by atoms with Gasteiger partial charge in [-0.2, -0.15) is 0 Å². The Kier molecular flexibility index (Phi) is 5.00. The van der Waals surface area contributed by atoms with Crippen LogP contribution in [0.4, 0.5) is 0 Å². The number of nitrogens with zero attached hydrogens (tertiary/aromatic N) is 2. The van der Waals surface area contributed by atoms with Crippen molar-refractivity contribution in [3.8, 4) is 0 Å². The van der Waals surface area contributed by atoms with E-state index < -0.39 is 0 Å². The third-order valence-corrected chi connectivity index (χ3v) is 4.05. The molecule has 1 aliphatic rings. The van der Waals surface area contributed by atoms with Crippen molar-refractivity contribution >= 4 is 5.91 Å². The summed E-state index contributed by atoms with van der Waals surface area (Å²) in [5.41, 5.74) is 0. The highest BCUT2D eigenvalue weighted by atomic mass is 16.1. The average molecular weight is 263 g/mol. The molecule has 1 fully saturated rings. The van der Waals surface area contributed by atoms with E-state index in [1.165, 1.54) is 6.42 Å². The molecule has 3 atom stereocenters. The summed E-state index contributed by atoms with van der Waals surface area (Å²) in [6, 6.07) is 0.638. The standard InChI is InChI=1S/C15H25N3O/c1-3-4-14(18-8-7-16-11-18)10-15(19)17-13-6-5-12(2)9-13/h7-8,11-14H,3-6,9-10H2,1-2H3,(H,17,19). The minimum atomic E-state index is 0.186. The predicted octanol–water partition coefficient (Wildman–Crippen LogP) is 2.92. The number of carbonyl (C=O) groups is 1. The van der Waals surface area contributed by atoms with Crippen LogP contribution in [0.25, 0.3) is 0 Å². The SMILES string of the molecule is CCCC(CC(=O)NC1CCC(C)C1)n1ccnc1. The first-order valence-corrected chi connectivity index (χ1v) is 7.45. The van der Waals surface area contributed by atoms with Crippen molar-refractivity contribution in [3.63, 3.8) is 0 Å². The number of amides is 1. The van der Waals surface area contributed by atoms with E-state index in [9.17, 15) is 4.79 Å². The molecule has 2 rings (SSSR count). The van der Waals surface area contributed by atoms with Crippen molar-refractivity contribution in [2.45, 2.75) is 64.5 Å². The maximum atomic E-state index is 12.1. The van der Waals surface area contributed by atoms with Crippen LogP contribution in [0.15, 0.2) is 18.7 Å². The molecule has 0 saturated heterocycles. The Morgan fingerprint density at radius 2 is 2.37 bits per heavy atom. The van der Waals surface area contributed by atoms with Crippen molar-refractivity contribution in [1.82, 2.24) is 14.9 Å². The summed E-state index contributed by atoms with van der Waals surface area (Å²) in [6.07, 6.45) is 11.7. The molecule has 0 bridgehead atoms. The first kappa shape index (κ1) is 14.1. The molecule has 1 N–H and O–H groups in total. The molecule has 1 saturated carbocycles. The van der Waals surface area contributed by atoms with E-state index >= 15 is 0 Å². The number of hydrogen-bond donors (Lipinski definition) is 1. The molecule has 1 heterocycles. The van der Waals surface area contributed by atoms with E-state index in [0.717, 1.165) is 31.6 Å². The number of rotatable bonds is 6. The fourth-order valence-electron chi connectivity index (χ4n) is 3.01. The van der Waals surface area contributed by atoms with Gasteiger partial charge in [-0.05, 0) is 31.6 Å². The highest BCUT2D eigenvalue weighted by Crippen LogP contribution is 2.25. The van der Waals surface area contributed by atoms with Gasteiger partial charge in [0.15, 0.2) is 0 Å². The number of hydrogen-bond acceptors (Lipinski definition) is 2. The number of imidazole rings is 1. The zero-order chi connectivity index (χ0) is 13.7. The Morgan fingerprint density at radius 1 is 1.53 bits per heavy atom. The topological polar surface area (TPSA) is 46.9 Å². The van der Waals surface area contributed by atoms with Gasteiger partial charge in [0, 0.05) is 30.9 Å². The van der Waals surface area contributed by atoms with E-state index in [1.54, 1.807) is 6.20 Å². The number of nitrogens with one attached hydrogen (secondary N) is 1. The van der Waals surface area contributed by atoms with Gasteiger partial charge in [-0.15, -0.1) is 0 Å². The lowest BCUT2D eigenvalue weighted by atomic mass is 10.1. The Hall–Kier alpha value is -1.32. The third-order valence-electron chi connectivity index (χ3n) is 4.05. The fourth-order valence-corrected chi connectivity index (χ4v) is 3.01. The highest BCUT2D eigenvalue weighted by Gasteiger charge is 2.23. The zero-order valence-corrected chi connectivity index (χ0v) is 12.0. The molecular weight excluding hydrogens is 238 g/mol. The Labute approximate surface area is 115 Å². The van der Waals surface area contributed by atoms with Crippen LogP contribution in [0.1, 0.15) is 58.4 Å². The van der Waals surface area contributed by atoms with Crippen LogP contribution in [0.2, 0.25) is 0 Å². The quantitative estimate of drug-likeness (QED) is 0.857. The normalized spacial score (nSPS) is 24.3. The molecule has 1 amide bonds. The van der Waals surface area contributed by atoms with Crippen LogP contribution < -0.4 is 5.32 Å². The minimum absolute atomic E-state index is 0.186. The molecule has 0 radical (unpaired) electrons. The molecule has 0 aromatic carbocycles. The van der Waals surface area contributed by atoms with Crippen molar-refractivity contribution in [1.29, 1.82) is 0 Å². The van der Waals surface area contributed by atoms with E-state index in [0.29, 0.717) is 12.5 Å². The van der Waals surface area contributed by atoms with Gasteiger partial charge in [0.2, 0.25) is 5.91 Å². The van der Waals surface area contributed by atoms with E-state index in [-0.39, 0.29) is 11.9 Å². The second-order valence-corrected chi connectivity index (χ2v) is 5.84. The summed E-state index contributed by atoms with van der Waals surface area (Å²) in [6.45, 7) is 4.41.